The minimum atomic E-state index is -0.262. The Morgan fingerprint density at radius 2 is 1.86 bits per heavy atom. The number of hydrogen-bond acceptors (Lipinski definition) is 2. The van der Waals surface area contributed by atoms with Crippen molar-refractivity contribution in [1.29, 1.82) is 0 Å². The predicted octanol–water partition coefficient (Wildman–Crippen LogP) is 2.51. The number of aryl methyl sites for hydroxylation is 1. The van der Waals surface area contributed by atoms with Crippen molar-refractivity contribution in [2.45, 2.75) is 31.8 Å². The normalized spacial score (nSPS) is 16.2. The van der Waals surface area contributed by atoms with Gasteiger partial charge in [0.15, 0.2) is 5.96 Å². The minimum absolute atomic E-state index is 0.0229. The van der Waals surface area contributed by atoms with E-state index in [1.807, 2.05) is 0 Å². The van der Waals surface area contributed by atoms with Crippen molar-refractivity contribution < 1.29 is 9.18 Å². The third kappa shape index (κ3) is 5.55. The quantitative estimate of drug-likeness (QED) is 0.617. The molecule has 1 aliphatic rings. The van der Waals surface area contributed by atoms with Crippen LogP contribution in [0.2, 0.25) is 0 Å². The fourth-order valence-electron chi connectivity index (χ4n) is 3.24. The molecule has 1 aliphatic carbocycles. The van der Waals surface area contributed by atoms with Crippen LogP contribution in [0.3, 0.4) is 0 Å². The lowest BCUT2D eigenvalue weighted by atomic mass is 9.88. The van der Waals surface area contributed by atoms with Gasteiger partial charge < -0.3 is 15.5 Å². The number of guanidine groups is 1. The van der Waals surface area contributed by atoms with Crippen LogP contribution in [-0.2, 0) is 24.2 Å². The summed E-state index contributed by atoms with van der Waals surface area (Å²) in [4.78, 5) is 18.1. The van der Waals surface area contributed by atoms with Gasteiger partial charge in [0.25, 0.3) is 0 Å². The monoisotopic (exact) mass is 382 g/mol. The minimum Gasteiger partial charge on any atom is -0.353 e. The molecule has 1 unspecified atom stereocenters. The highest BCUT2D eigenvalue weighted by Crippen LogP contribution is 2.21. The molecule has 0 radical (unpaired) electrons. The molecule has 1 atom stereocenters. The van der Waals surface area contributed by atoms with Crippen LogP contribution in [-0.4, -0.2) is 43.4 Å². The maximum absolute atomic E-state index is 13.1. The van der Waals surface area contributed by atoms with E-state index in [0.29, 0.717) is 12.5 Å². The highest BCUT2D eigenvalue weighted by molar-refractivity contribution is 5.86. The van der Waals surface area contributed by atoms with Gasteiger partial charge in [0.1, 0.15) is 5.82 Å². The van der Waals surface area contributed by atoms with Crippen molar-refractivity contribution in [1.82, 2.24) is 15.5 Å². The molecule has 0 heterocycles. The van der Waals surface area contributed by atoms with Crippen molar-refractivity contribution in [3.63, 3.8) is 0 Å². The van der Waals surface area contributed by atoms with E-state index in [-0.39, 0.29) is 24.3 Å². The van der Waals surface area contributed by atoms with E-state index in [1.165, 1.54) is 23.3 Å². The molecule has 0 saturated heterocycles. The van der Waals surface area contributed by atoms with Crippen LogP contribution in [0.5, 0.6) is 0 Å². The van der Waals surface area contributed by atoms with Gasteiger partial charge in [-0.3, -0.25) is 4.79 Å². The van der Waals surface area contributed by atoms with E-state index in [9.17, 15) is 9.18 Å². The second kappa shape index (κ2) is 9.35. The van der Waals surface area contributed by atoms with Gasteiger partial charge in [-0.05, 0) is 48.1 Å². The summed E-state index contributed by atoms with van der Waals surface area (Å²) >= 11 is 0. The fraction of sp³-hybridized carbons (Fsp3) is 0.364. The molecular formula is C22H27FN4O. The third-order valence-corrected chi connectivity index (χ3v) is 4.93. The zero-order chi connectivity index (χ0) is 19.9. The largest absolute Gasteiger partial charge is 0.353 e. The number of benzene rings is 2. The average molecular weight is 382 g/mol. The first-order valence-electron chi connectivity index (χ1n) is 9.57. The van der Waals surface area contributed by atoms with E-state index in [0.717, 1.165) is 24.8 Å². The van der Waals surface area contributed by atoms with E-state index >= 15 is 0 Å². The molecule has 1 amide bonds. The zero-order valence-electron chi connectivity index (χ0n) is 16.4. The highest BCUT2D eigenvalue weighted by atomic mass is 19.1. The molecule has 6 heteroatoms. The molecule has 0 spiro atoms. The number of rotatable bonds is 5. The number of fused-ring (bicyclic) bond motifs is 1. The summed E-state index contributed by atoms with van der Waals surface area (Å²) < 4.78 is 13.1. The smallest absolute Gasteiger partial charge is 0.241 e. The Kier molecular flexibility index (Phi) is 6.63. The maximum atomic E-state index is 13.1. The highest BCUT2D eigenvalue weighted by Gasteiger charge is 2.19. The Morgan fingerprint density at radius 3 is 2.57 bits per heavy atom. The molecule has 0 saturated carbocycles. The van der Waals surface area contributed by atoms with Gasteiger partial charge in [-0.2, -0.15) is 0 Å². The SMILES string of the molecule is CN(C)C(=O)CNC(=NCc1ccc(F)cc1)NC1CCc2ccccc2C1. The fourth-order valence-corrected chi connectivity index (χ4v) is 3.24. The van der Waals surface area contributed by atoms with Gasteiger partial charge >= 0.3 is 0 Å². The van der Waals surface area contributed by atoms with Gasteiger partial charge in [0.2, 0.25) is 5.91 Å². The van der Waals surface area contributed by atoms with Crippen molar-refractivity contribution in [3.05, 3.63) is 71.0 Å². The molecule has 5 nitrogen and oxygen atoms in total. The van der Waals surface area contributed by atoms with Crippen molar-refractivity contribution in [2.24, 2.45) is 4.99 Å². The Balaban J connectivity index is 1.67. The topological polar surface area (TPSA) is 56.7 Å². The second-order valence-corrected chi connectivity index (χ2v) is 7.29. The van der Waals surface area contributed by atoms with Crippen LogP contribution < -0.4 is 10.6 Å². The number of carbonyl (C=O) groups excluding carboxylic acids is 1. The molecule has 0 bridgehead atoms. The van der Waals surface area contributed by atoms with Crippen LogP contribution in [0.1, 0.15) is 23.1 Å². The number of carbonyl (C=O) groups is 1. The molecule has 2 aromatic carbocycles. The number of nitrogens with one attached hydrogen (secondary N) is 2. The molecule has 148 valence electrons. The number of hydrogen-bond donors (Lipinski definition) is 2. The lowest BCUT2D eigenvalue weighted by Crippen LogP contribution is -2.48. The first kappa shape index (κ1) is 19.9. The van der Waals surface area contributed by atoms with Gasteiger partial charge in [-0.25, -0.2) is 9.38 Å². The van der Waals surface area contributed by atoms with E-state index < -0.39 is 0 Å². The van der Waals surface area contributed by atoms with Crippen molar-refractivity contribution >= 4 is 11.9 Å². The summed E-state index contributed by atoms with van der Waals surface area (Å²) in [6.45, 7) is 0.584. The zero-order valence-corrected chi connectivity index (χ0v) is 16.4. The third-order valence-electron chi connectivity index (χ3n) is 4.93. The van der Waals surface area contributed by atoms with E-state index in [1.54, 1.807) is 31.1 Å². The van der Waals surface area contributed by atoms with E-state index in [2.05, 4.69) is 39.9 Å². The van der Waals surface area contributed by atoms with Gasteiger partial charge in [-0.15, -0.1) is 0 Å². The Bertz CT molecular complexity index is 833. The van der Waals surface area contributed by atoms with Crippen LogP contribution in [0.25, 0.3) is 0 Å². The number of likely N-dealkylation sites (N-methyl/N-ethyl adjacent to an activating group) is 1. The Morgan fingerprint density at radius 1 is 1.14 bits per heavy atom. The lowest BCUT2D eigenvalue weighted by Gasteiger charge is -2.27. The lowest BCUT2D eigenvalue weighted by molar-refractivity contribution is -0.127. The first-order valence-corrected chi connectivity index (χ1v) is 9.57. The number of halogens is 1. The van der Waals surface area contributed by atoms with Gasteiger partial charge in [0.05, 0.1) is 13.1 Å². The maximum Gasteiger partial charge on any atom is 0.241 e. The molecule has 0 fully saturated rings. The number of nitrogens with zero attached hydrogens (tertiary/aromatic N) is 2. The average Bonchev–Trinajstić information content (AvgIpc) is 2.70. The molecule has 28 heavy (non-hydrogen) atoms. The van der Waals surface area contributed by atoms with Crippen molar-refractivity contribution in [3.8, 4) is 0 Å². The molecule has 2 N–H and O–H groups in total. The number of aliphatic imine (C=N–C) groups is 1. The second-order valence-electron chi connectivity index (χ2n) is 7.29. The predicted molar refractivity (Wildman–Crippen MR) is 110 cm³/mol. The van der Waals surface area contributed by atoms with Gasteiger partial charge in [0, 0.05) is 20.1 Å². The molecule has 3 rings (SSSR count). The number of amides is 1. The van der Waals surface area contributed by atoms with Crippen LogP contribution in [0, 0.1) is 5.82 Å². The first-order chi connectivity index (χ1) is 13.5. The summed E-state index contributed by atoms with van der Waals surface area (Å²) in [6.07, 6.45) is 2.96. The molecule has 0 aromatic heterocycles. The summed E-state index contributed by atoms with van der Waals surface area (Å²) in [7, 11) is 3.45. The van der Waals surface area contributed by atoms with Gasteiger partial charge in [-0.1, -0.05) is 36.4 Å². The summed E-state index contributed by atoms with van der Waals surface area (Å²) in [5.74, 6) is 0.316. The van der Waals surface area contributed by atoms with Crippen LogP contribution >= 0.6 is 0 Å². The Labute approximate surface area is 165 Å². The summed E-state index contributed by atoms with van der Waals surface area (Å²) in [5.41, 5.74) is 3.67. The van der Waals surface area contributed by atoms with Crippen LogP contribution in [0.4, 0.5) is 4.39 Å². The van der Waals surface area contributed by atoms with Crippen LogP contribution in [0.15, 0.2) is 53.5 Å². The summed E-state index contributed by atoms with van der Waals surface area (Å²) in [5, 5.41) is 6.59. The molecule has 0 aliphatic heterocycles. The molecule has 2 aromatic rings. The van der Waals surface area contributed by atoms with E-state index in [4.69, 9.17) is 0 Å². The van der Waals surface area contributed by atoms with Crippen molar-refractivity contribution in [2.75, 3.05) is 20.6 Å². The standard InChI is InChI=1S/C22H27FN4O/c1-27(2)21(28)15-25-22(24-14-16-7-10-19(23)11-8-16)26-20-12-9-17-5-3-4-6-18(17)13-20/h3-8,10-11,20H,9,12-15H2,1-2H3,(H2,24,25,26). The summed E-state index contributed by atoms with van der Waals surface area (Å²) in [6, 6.07) is 15.1. The molecular weight excluding hydrogens is 355 g/mol. The Hall–Kier alpha value is -2.89.